The Hall–Kier alpha value is -2.70. The van der Waals surface area contributed by atoms with Gasteiger partial charge >= 0.3 is 0 Å². The first kappa shape index (κ1) is 21.0. The van der Waals surface area contributed by atoms with Crippen LogP contribution in [0.3, 0.4) is 0 Å². The molecule has 0 saturated carbocycles. The second-order valence-electron chi connectivity index (χ2n) is 7.63. The van der Waals surface area contributed by atoms with E-state index in [1.54, 1.807) is 18.3 Å². The molecule has 0 aliphatic rings. The molecule has 7 heteroatoms. The molecule has 150 valence electrons. The number of aromatic nitrogens is 1. The van der Waals surface area contributed by atoms with Crippen molar-refractivity contribution in [3.63, 3.8) is 0 Å². The summed E-state index contributed by atoms with van der Waals surface area (Å²) in [4.78, 5) is 16.1. The number of anilines is 2. The minimum absolute atomic E-state index is 0.118. The minimum Gasteiger partial charge on any atom is -0.316 e. The van der Waals surface area contributed by atoms with E-state index >= 15 is 0 Å². The van der Waals surface area contributed by atoms with Gasteiger partial charge in [-0.15, -0.1) is 0 Å². The molecular weight excluding hydrogens is 404 g/mol. The molecule has 1 amide bonds. The Bertz CT molecular complexity index is 1020. The van der Waals surface area contributed by atoms with Gasteiger partial charge in [0.1, 0.15) is 10.7 Å². The highest BCUT2D eigenvalue weighted by atomic mass is 35.5. The number of nitrogens with one attached hydrogen (secondary N) is 2. The van der Waals surface area contributed by atoms with E-state index < -0.39 is 0 Å². The molecule has 0 atom stereocenters. The van der Waals surface area contributed by atoms with Crippen LogP contribution in [0.15, 0.2) is 53.6 Å². The average Bonchev–Trinajstić information content (AvgIpc) is 3.04. The first-order valence-corrected chi connectivity index (χ1v) is 10.4. The summed E-state index contributed by atoms with van der Waals surface area (Å²) in [6.45, 7) is 8.03. The predicted octanol–water partition coefficient (Wildman–Crippen LogP) is 6.17. The Morgan fingerprint density at radius 3 is 2.34 bits per heavy atom. The lowest BCUT2D eigenvalue weighted by molar-refractivity contribution is -0.114. The van der Waals surface area contributed by atoms with Gasteiger partial charge in [-0.2, -0.15) is 5.10 Å². The molecule has 0 aliphatic carbocycles. The Morgan fingerprint density at radius 2 is 1.76 bits per heavy atom. The maximum Gasteiger partial charge on any atom is 0.221 e. The summed E-state index contributed by atoms with van der Waals surface area (Å²) in [7, 11) is 0. The number of benzene rings is 2. The maximum atomic E-state index is 11.6. The van der Waals surface area contributed by atoms with Crippen LogP contribution >= 0.6 is 22.9 Å². The topological polar surface area (TPSA) is 66.4 Å². The third-order valence-electron chi connectivity index (χ3n) is 4.18. The van der Waals surface area contributed by atoms with Crippen LogP contribution in [0.5, 0.6) is 0 Å². The number of nitrogens with zero attached hydrogens (tertiary/aromatic N) is 2. The lowest BCUT2D eigenvalue weighted by Crippen LogP contribution is -2.10. The van der Waals surface area contributed by atoms with E-state index in [1.807, 2.05) is 24.3 Å². The quantitative estimate of drug-likeness (QED) is 0.379. The van der Waals surface area contributed by atoms with E-state index in [1.165, 1.54) is 23.8 Å². The van der Waals surface area contributed by atoms with Crippen molar-refractivity contribution in [2.75, 3.05) is 10.7 Å². The molecule has 3 aromatic rings. The highest BCUT2D eigenvalue weighted by Crippen LogP contribution is 2.36. The molecule has 1 aromatic heterocycles. The third-order valence-corrected chi connectivity index (χ3v) is 5.31. The fourth-order valence-corrected chi connectivity index (χ4v) is 3.66. The zero-order valence-corrected chi connectivity index (χ0v) is 18.4. The van der Waals surface area contributed by atoms with E-state index in [0.717, 1.165) is 11.1 Å². The predicted molar refractivity (Wildman–Crippen MR) is 123 cm³/mol. The van der Waals surface area contributed by atoms with Crippen molar-refractivity contribution >= 4 is 45.2 Å². The van der Waals surface area contributed by atoms with Gasteiger partial charge in [0.15, 0.2) is 0 Å². The van der Waals surface area contributed by atoms with Crippen LogP contribution < -0.4 is 10.7 Å². The van der Waals surface area contributed by atoms with Gasteiger partial charge in [-0.05, 0) is 28.7 Å². The van der Waals surface area contributed by atoms with Crippen molar-refractivity contribution in [2.45, 2.75) is 33.1 Å². The molecule has 0 radical (unpaired) electrons. The molecule has 2 N–H and O–H groups in total. The minimum atomic E-state index is -0.155. The lowest BCUT2D eigenvalue weighted by Gasteiger charge is -2.18. The number of hydrogen-bond acceptors (Lipinski definition) is 5. The van der Waals surface area contributed by atoms with Gasteiger partial charge in [0.25, 0.3) is 0 Å². The summed E-state index contributed by atoms with van der Waals surface area (Å²) in [5.74, 6) is -0.155. The zero-order valence-electron chi connectivity index (χ0n) is 16.8. The average molecular weight is 427 g/mol. The summed E-state index contributed by atoms with van der Waals surface area (Å²) in [6, 6.07) is 15.6. The van der Waals surface area contributed by atoms with Crippen LogP contribution in [0.1, 0.15) is 38.8 Å². The van der Waals surface area contributed by atoms with E-state index in [9.17, 15) is 4.79 Å². The SMILES string of the molecule is CC(=O)Nc1sc(NN=Cc2ccc(C(C)(C)C)cc2)nc1-c1ccc(Cl)cc1. The number of amides is 1. The van der Waals surface area contributed by atoms with Crippen LogP contribution in [0.25, 0.3) is 11.3 Å². The summed E-state index contributed by atoms with van der Waals surface area (Å²) in [6.07, 6.45) is 1.74. The maximum absolute atomic E-state index is 11.6. The summed E-state index contributed by atoms with van der Waals surface area (Å²) < 4.78 is 0. The molecule has 2 aromatic carbocycles. The van der Waals surface area contributed by atoms with Crippen LogP contribution in [0.4, 0.5) is 10.1 Å². The molecule has 0 spiro atoms. The Labute approximate surface area is 179 Å². The fourth-order valence-electron chi connectivity index (χ4n) is 2.65. The van der Waals surface area contributed by atoms with Gasteiger partial charge in [0.2, 0.25) is 11.0 Å². The molecule has 0 aliphatic heterocycles. The number of hydrazone groups is 1. The van der Waals surface area contributed by atoms with Crippen molar-refractivity contribution in [1.82, 2.24) is 4.98 Å². The number of rotatable bonds is 5. The lowest BCUT2D eigenvalue weighted by atomic mass is 9.87. The van der Waals surface area contributed by atoms with E-state index in [2.05, 4.69) is 53.7 Å². The summed E-state index contributed by atoms with van der Waals surface area (Å²) >= 11 is 7.30. The monoisotopic (exact) mass is 426 g/mol. The van der Waals surface area contributed by atoms with Crippen molar-refractivity contribution in [3.8, 4) is 11.3 Å². The first-order chi connectivity index (χ1) is 13.7. The largest absolute Gasteiger partial charge is 0.316 e. The Kier molecular flexibility index (Phi) is 6.35. The van der Waals surface area contributed by atoms with Crippen molar-refractivity contribution in [3.05, 3.63) is 64.7 Å². The molecular formula is C22H23ClN4OS. The highest BCUT2D eigenvalue weighted by Gasteiger charge is 2.14. The Balaban J connectivity index is 1.77. The van der Waals surface area contributed by atoms with E-state index in [-0.39, 0.29) is 11.3 Å². The molecule has 1 heterocycles. The summed E-state index contributed by atoms with van der Waals surface area (Å²) in [5.41, 5.74) is 6.87. The van der Waals surface area contributed by atoms with Crippen LogP contribution in [0.2, 0.25) is 5.02 Å². The number of thiazole rings is 1. The molecule has 0 bridgehead atoms. The van der Waals surface area contributed by atoms with E-state index in [0.29, 0.717) is 20.8 Å². The standard InChI is InChI=1S/C22H23ClN4OS/c1-14(28)25-20-19(16-7-11-18(23)12-8-16)26-21(29-20)27-24-13-15-5-9-17(10-6-15)22(2,3)4/h5-13H,1-4H3,(H,25,28)(H,26,27). The number of carbonyl (C=O) groups excluding carboxylic acids is 1. The van der Waals surface area contributed by atoms with Gasteiger partial charge in [0, 0.05) is 17.5 Å². The smallest absolute Gasteiger partial charge is 0.221 e. The van der Waals surface area contributed by atoms with Crippen molar-refractivity contribution < 1.29 is 4.79 Å². The molecule has 0 unspecified atom stereocenters. The number of carbonyl (C=O) groups is 1. The first-order valence-electron chi connectivity index (χ1n) is 9.16. The van der Waals surface area contributed by atoms with Gasteiger partial charge < -0.3 is 5.32 Å². The molecule has 0 fully saturated rings. The summed E-state index contributed by atoms with van der Waals surface area (Å²) in [5, 5.41) is 9.00. The second-order valence-corrected chi connectivity index (χ2v) is 9.06. The van der Waals surface area contributed by atoms with Crippen LogP contribution in [-0.2, 0) is 10.2 Å². The normalized spacial score (nSPS) is 11.6. The second kappa shape index (κ2) is 8.76. The van der Waals surface area contributed by atoms with Crippen molar-refractivity contribution in [2.24, 2.45) is 5.10 Å². The fraction of sp³-hybridized carbons (Fsp3) is 0.227. The molecule has 29 heavy (non-hydrogen) atoms. The number of halogens is 1. The molecule has 3 rings (SSSR count). The molecule has 0 saturated heterocycles. The van der Waals surface area contributed by atoms with Gasteiger partial charge in [0.05, 0.1) is 6.21 Å². The van der Waals surface area contributed by atoms with Gasteiger partial charge in [-0.3, -0.25) is 10.2 Å². The molecule has 5 nitrogen and oxygen atoms in total. The van der Waals surface area contributed by atoms with Crippen LogP contribution in [0, 0.1) is 0 Å². The zero-order chi connectivity index (χ0) is 21.0. The number of hydrogen-bond donors (Lipinski definition) is 2. The van der Waals surface area contributed by atoms with Gasteiger partial charge in [-0.25, -0.2) is 4.98 Å². The Morgan fingerprint density at radius 1 is 1.10 bits per heavy atom. The van der Waals surface area contributed by atoms with Crippen LogP contribution in [-0.4, -0.2) is 17.1 Å². The van der Waals surface area contributed by atoms with E-state index in [4.69, 9.17) is 11.6 Å². The van der Waals surface area contributed by atoms with Gasteiger partial charge in [-0.1, -0.05) is 80.1 Å². The highest BCUT2D eigenvalue weighted by molar-refractivity contribution is 7.20. The third kappa shape index (κ3) is 5.65. The van der Waals surface area contributed by atoms with Crippen molar-refractivity contribution in [1.29, 1.82) is 0 Å².